The van der Waals surface area contributed by atoms with Gasteiger partial charge in [0.05, 0.1) is 40.0 Å². The predicted octanol–water partition coefficient (Wildman–Crippen LogP) is 10.7. The van der Waals surface area contributed by atoms with Gasteiger partial charge in [0, 0.05) is 11.3 Å². The van der Waals surface area contributed by atoms with Crippen molar-refractivity contribution in [1.82, 2.24) is 0 Å². The van der Waals surface area contributed by atoms with Gasteiger partial charge in [-0.1, -0.05) is 96.7 Å². The molecular formula is C37H67NO4SSi2. The van der Waals surface area contributed by atoms with Crippen molar-refractivity contribution in [2.75, 3.05) is 13.2 Å². The summed E-state index contributed by atoms with van der Waals surface area (Å²) in [6.45, 7) is 32.0. The molecule has 8 heteroatoms. The molecule has 1 fully saturated rings. The van der Waals surface area contributed by atoms with Crippen LogP contribution in [0.1, 0.15) is 100.0 Å². The molecule has 4 atom stereocenters. The van der Waals surface area contributed by atoms with E-state index in [0.29, 0.717) is 19.6 Å². The molecule has 0 aliphatic heterocycles. The minimum Gasteiger partial charge on any atom is -0.415 e. The third kappa shape index (κ3) is 11.6. The second-order valence-electron chi connectivity index (χ2n) is 16.8. The Kier molecular flexibility index (Phi) is 14.2. The van der Waals surface area contributed by atoms with E-state index in [1.807, 2.05) is 36.6 Å². The number of hydrogen-bond acceptors (Lipinski definition) is 5. The summed E-state index contributed by atoms with van der Waals surface area (Å²) in [5.41, 5.74) is 3.35. The summed E-state index contributed by atoms with van der Waals surface area (Å²) in [6, 6.07) is 7.77. The van der Waals surface area contributed by atoms with Gasteiger partial charge in [-0.2, -0.15) is 0 Å². The Labute approximate surface area is 280 Å². The highest BCUT2D eigenvalue weighted by atomic mass is 32.2. The van der Waals surface area contributed by atoms with Crippen molar-refractivity contribution >= 4 is 26.4 Å². The zero-order valence-corrected chi connectivity index (χ0v) is 34.1. The number of hydrogen-bond donors (Lipinski definition) is 1. The monoisotopic (exact) mass is 677 g/mol. The summed E-state index contributed by atoms with van der Waals surface area (Å²) in [6.07, 6.45) is 6.02. The van der Waals surface area contributed by atoms with Gasteiger partial charge in [0.1, 0.15) is 0 Å². The smallest absolute Gasteiger partial charge is 0.192 e. The molecule has 0 amide bonds. The van der Waals surface area contributed by atoms with Gasteiger partial charge in [0.2, 0.25) is 0 Å². The van der Waals surface area contributed by atoms with Gasteiger partial charge in [-0.25, -0.2) is 8.57 Å². The molecule has 1 aromatic carbocycles. The first-order valence-corrected chi connectivity index (χ1v) is 24.5. The van der Waals surface area contributed by atoms with Crippen molar-refractivity contribution in [3.05, 3.63) is 52.5 Å². The standard InChI is InChI=1S/C37H67NO4SSi2/c1-28(2)34(26-42-45(13,14)37(8,9)10)38-43(40,32-21-19-29(3)20-22-32)27-31-17-15-16-18-33(31)35(39)25-30(4)23-24-41-44(11,12)36(5,6)7/h19-23,27-28,33-35,39H,15-18,24-26H2,1-14H3/b30-23-,31-27-/t33-,34-,35+,43+/m0/s1. The van der Waals surface area contributed by atoms with Crippen LogP contribution in [-0.4, -0.2) is 51.3 Å². The van der Waals surface area contributed by atoms with Crippen molar-refractivity contribution < 1.29 is 18.2 Å². The highest BCUT2D eigenvalue weighted by Gasteiger charge is 2.38. The number of aryl methyl sites for hydroxylation is 1. The minimum atomic E-state index is -2.91. The lowest BCUT2D eigenvalue weighted by molar-refractivity contribution is 0.111. The van der Waals surface area contributed by atoms with Crippen LogP contribution < -0.4 is 0 Å². The lowest BCUT2D eigenvalue weighted by Crippen LogP contribution is -2.43. The van der Waals surface area contributed by atoms with E-state index < -0.39 is 32.5 Å². The molecule has 1 aliphatic carbocycles. The third-order valence-corrected chi connectivity index (χ3v) is 21.7. The van der Waals surface area contributed by atoms with Crippen LogP contribution in [0.3, 0.4) is 0 Å². The topological polar surface area (TPSA) is 68.1 Å². The number of benzene rings is 1. The molecule has 5 nitrogen and oxygen atoms in total. The van der Waals surface area contributed by atoms with Gasteiger partial charge in [0.25, 0.3) is 0 Å². The van der Waals surface area contributed by atoms with Crippen LogP contribution in [0, 0.1) is 18.8 Å². The van der Waals surface area contributed by atoms with Crippen molar-refractivity contribution in [2.24, 2.45) is 16.2 Å². The molecule has 0 heterocycles. The van der Waals surface area contributed by atoms with Crippen molar-refractivity contribution in [3.8, 4) is 0 Å². The number of aliphatic hydroxyl groups excluding tert-OH is 1. The Morgan fingerprint density at radius 1 is 1.00 bits per heavy atom. The molecule has 2 rings (SSSR count). The fraction of sp³-hybridized carbons (Fsp3) is 0.730. The van der Waals surface area contributed by atoms with Crippen molar-refractivity contribution in [1.29, 1.82) is 0 Å². The zero-order valence-electron chi connectivity index (χ0n) is 31.3. The van der Waals surface area contributed by atoms with E-state index in [1.54, 1.807) is 0 Å². The maximum Gasteiger partial charge on any atom is 0.192 e. The summed E-state index contributed by atoms with van der Waals surface area (Å²) < 4.78 is 33.3. The van der Waals surface area contributed by atoms with E-state index in [0.717, 1.165) is 47.3 Å². The molecule has 1 aromatic rings. The summed E-state index contributed by atoms with van der Waals surface area (Å²) >= 11 is 0. The SMILES string of the molecule is C/C(=C/CO[Si](C)(C)C(C)(C)C)C[C@@H](O)[C@H]1CCCC/C1=C/[S@](=O)(=N[C@@H](CO[Si](C)(C)C(C)(C)C)C(C)C)c1ccc(C)cc1. The first-order valence-electron chi connectivity index (χ1n) is 17.1. The molecule has 1 aliphatic rings. The second-order valence-corrected chi connectivity index (χ2v) is 28.5. The van der Waals surface area contributed by atoms with E-state index >= 15 is 4.21 Å². The fourth-order valence-electron chi connectivity index (χ4n) is 4.97. The first-order chi connectivity index (χ1) is 20.5. The third-order valence-electron chi connectivity index (χ3n) is 10.5. The Bertz CT molecular complexity index is 1280. The average Bonchev–Trinajstić information content (AvgIpc) is 2.90. The maximum atomic E-state index is 15.1. The van der Waals surface area contributed by atoms with Crippen LogP contribution in [0.4, 0.5) is 0 Å². The van der Waals surface area contributed by atoms with Gasteiger partial charge < -0.3 is 14.0 Å². The minimum absolute atomic E-state index is 0.0362. The molecule has 0 unspecified atom stereocenters. The summed E-state index contributed by atoms with van der Waals surface area (Å²) in [5.74, 6) is 0.138. The number of rotatable bonds is 13. The first kappa shape index (κ1) is 40.1. The Balaban J connectivity index is 2.45. The highest BCUT2D eigenvalue weighted by Crippen LogP contribution is 2.39. The quantitative estimate of drug-likeness (QED) is 0.167. The summed E-state index contributed by atoms with van der Waals surface area (Å²) in [5, 5.41) is 13.8. The molecule has 45 heavy (non-hydrogen) atoms. The number of nitrogens with zero attached hydrogens (tertiary/aromatic N) is 1. The van der Waals surface area contributed by atoms with Gasteiger partial charge in [-0.05, 0) is 93.8 Å². The van der Waals surface area contributed by atoms with Crippen LogP contribution in [0.25, 0.3) is 0 Å². The average molecular weight is 678 g/mol. The van der Waals surface area contributed by atoms with E-state index in [9.17, 15) is 5.11 Å². The van der Waals surface area contributed by atoms with Crippen LogP contribution in [0.5, 0.6) is 0 Å². The lowest BCUT2D eigenvalue weighted by atomic mass is 9.80. The van der Waals surface area contributed by atoms with Gasteiger partial charge in [-0.3, -0.25) is 0 Å². The predicted molar refractivity (Wildman–Crippen MR) is 199 cm³/mol. The van der Waals surface area contributed by atoms with Gasteiger partial charge in [-0.15, -0.1) is 0 Å². The molecule has 0 saturated heterocycles. The van der Waals surface area contributed by atoms with Crippen molar-refractivity contribution in [2.45, 2.75) is 155 Å². The molecule has 0 spiro atoms. The Morgan fingerprint density at radius 3 is 2.09 bits per heavy atom. The molecule has 258 valence electrons. The highest BCUT2D eigenvalue weighted by molar-refractivity contribution is 7.96. The fourth-order valence-corrected chi connectivity index (χ4v) is 9.18. The Hall–Kier alpha value is -1.04. The van der Waals surface area contributed by atoms with Gasteiger partial charge >= 0.3 is 0 Å². The van der Waals surface area contributed by atoms with Crippen molar-refractivity contribution in [3.63, 3.8) is 0 Å². The van der Waals surface area contributed by atoms with Crippen LogP contribution in [0.15, 0.2) is 56.2 Å². The Morgan fingerprint density at radius 2 is 1.56 bits per heavy atom. The zero-order chi connectivity index (χ0) is 34.4. The molecule has 0 aromatic heterocycles. The van der Waals surface area contributed by atoms with Crippen LogP contribution in [-0.2, 0) is 18.6 Å². The van der Waals surface area contributed by atoms with E-state index in [-0.39, 0.29) is 28.0 Å². The largest absolute Gasteiger partial charge is 0.415 e. The van der Waals surface area contributed by atoms with Crippen LogP contribution in [0.2, 0.25) is 36.3 Å². The van der Waals surface area contributed by atoms with Gasteiger partial charge in [0.15, 0.2) is 16.6 Å². The molecule has 0 bridgehead atoms. The summed E-state index contributed by atoms with van der Waals surface area (Å²) in [7, 11) is -6.75. The summed E-state index contributed by atoms with van der Waals surface area (Å²) in [4.78, 5) is 0.733. The molecule has 1 saturated carbocycles. The van der Waals surface area contributed by atoms with E-state index in [4.69, 9.17) is 13.2 Å². The normalized spacial score (nSPS) is 21.1. The second kappa shape index (κ2) is 15.9. The van der Waals surface area contributed by atoms with Crippen LogP contribution >= 0.6 is 0 Å². The van der Waals surface area contributed by atoms with E-state index in [1.165, 1.54) is 0 Å². The lowest BCUT2D eigenvalue weighted by Gasteiger charge is -2.37. The number of aliphatic hydroxyl groups is 1. The molecular weight excluding hydrogens is 611 g/mol. The molecule has 0 radical (unpaired) electrons. The molecule has 1 N–H and O–H groups in total. The maximum absolute atomic E-state index is 15.1. The van der Waals surface area contributed by atoms with E-state index in [2.05, 4.69) is 94.6 Å².